The number of cyclic esters (lactones) is 1. The molecule has 0 aromatic heterocycles. The van der Waals surface area contributed by atoms with Gasteiger partial charge in [-0.25, -0.2) is 4.79 Å². The van der Waals surface area contributed by atoms with Crippen molar-refractivity contribution in [3.8, 4) is 0 Å². The van der Waals surface area contributed by atoms with E-state index in [1.54, 1.807) is 0 Å². The summed E-state index contributed by atoms with van der Waals surface area (Å²) < 4.78 is 4.99. The fourth-order valence-corrected chi connectivity index (χ4v) is 6.04. The number of rotatable bonds is 6. The fraction of sp³-hybridized carbons (Fsp3) is 0.800. The summed E-state index contributed by atoms with van der Waals surface area (Å²) in [4.78, 5) is 23.5. The summed E-state index contributed by atoms with van der Waals surface area (Å²) in [7, 11) is 0. The summed E-state index contributed by atoms with van der Waals surface area (Å²) in [6.07, 6.45) is 8.85. The Morgan fingerprint density at radius 1 is 1.28 bits per heavy atom. The zero-order valence-electron chi connectivity index (χ0n) is 15.1. The highest BCUT2D eigenvalue weighted by Crippen LogP contribution is 2.61. The van der Waals surface area contributed by atoms with Crippen molar-refractivity contribution in [1.29, 1.82) is 0 Å². The van der Waals surface area contributed by atoms with E-state index in [0.717, 1.165) is 50.4 Å². The second kappa shape index (κ2) is 7.20. The van der Waals surface area contributed by atoms with Crippen LogP contribution in [0.1, 0.15) is 51.9 Å². The number of hydrogen-bond acceptors (Lipinski definition) is 5. The second-order valence-corrected chi connectivity index (χ2v) is 8.44. The van der Waals surface area contributed by atoms with E-state index < -0.39 is 5.41 Å². The first-order valence-corrected chi connectivity index (χ1v) is 9.54. The molecule has 2 aliphatic carbocycles. The Bertz CT molecular complexity index is 550. The lowest BCUT2D eigenvalue weighted by atomic mass is 9.45. The molecule has 0 bridgehead atoms. The van der Waals surface area contributed by atoms with E-state index in [1.165, 1.54) is 0 Å². The minimum atomic E-state index is -0.440. The minimum Gasteiger partial charge on any atom is -0.458 e. The number of ether oxygens (including phenoxy) is 1. The molecular weight excluding hydrogens is 320 g/mol. The molecule has 0 unspecified atom stereocenters. The molecule has 0 aromatic rings. The molecule has 0 amide bonds. The fourth-order valence-electron chi connectivity index (χ4n) is 6.04. The van der Waals surface area contributed by atoms with Crippen LogP contribution in [-0.2, 0) is 14.3 Å². The zero-order valence-corrected chi connectivity index (χ0v) is 15.1. The van der Waals surface area contributed by atoms with E-state index in [4.69, 9.17) is 4.74 Å². The highest BCUT2D eigenvalue weighted by Gasteiger charge is 2.57. The maximum Gasteiger partial charge on any atom is 0.334 e. The maximum absolute atomic E-state index is 11.7. The quantitative estimate of drug-likeness (QED) is 0.567. The third-order valence-electron chi connectivity index (χ3n) is 7.41. The van der Waals surface area contributed by atoms with Gasteiger partial charge < -0.3 is 19.7 Å². The van der Waals surface area contributed by atoms with E-state index in [-0.39, 0.29) is 42.4 Å². The van der Waals surface area contributed by atoms with Gasteiger partial charge in [0.15, 0.2) is 0 Å². The molecule has 2 saturated carbocycles. The summed E-state index contributed by atoms with van der Waals surface area (Å²) in [5.41, 5.74) is 0.197. The Kier molecular flexibility index (Phi) is 5.35. The molecule has 1 heterocycles. The SMILES string of the molecule is C[C@@]12CCCC(CO)(CO)[C@H]1CC[C@@H](C=O)[C@H]2CCC1=CCOC1=O. The van der Waals surface area contributed by atoms with Crippen LogP contribution in [0.4, 0.5) is 0 Å². The van der Waals surface area contributed by atoms with Crippen LogP contribution in [0.5, 0.6) is 0 Å². The van der Waals surface area contributed by atoms with Crippen LogP contribution >= 0.6 is 0 Å². The Hall–Kier alpha value is -1.20. The number of aliphatic hydroxyl groups excluding tert-OH is 2. The summed E-state index contributed by atoms with van der Waals surface area (Å²) >= 11 is 0. The van der Waals surface area contributed by atoms with Crippen LogP contribution in [0.3, 0.4) is 0 Å². The number of esters is 1. The van der Waals surface area contributed by atoms with Gasteiger partial charge in [-0.15, -0.1) is 0 Å². The lowest BCUT2D eigenvalue weighted by Gasteiger charge is -2.59. The predicted octanol–water partition coefficient (Wildman–Crippen LogP) is 2.25. The highest BCUT2D eigenvalue weighted by molar-refractivity contribution is 5.90. The van der Waals surface area contributed by atoms with E-state index >= 15 is 0 Å². The summed E-state index contributed by atoms with van der Waals surface area (Å²) in [6, 6.07) is 0. The number of aldehydes is 1. The molecule has 3 aliphatic rings. The number of carbonyl (C=O) groups is 2. The monoisotopic (exact) mass is 350 g/mol. The van der Waals surface area contributed by atoms with Gasteiger partial charge in [0, 0.05) is 16.9 Å². The molecule has 0 saturated heterocycles. The molecule has 0 spiro atoms. The molecule has 140 valence electrons. The molecule has 2 N–H and O–H groups in total. The molecule has 0 aromatic carbocycles. The maximum atomic E-state index is 11.7. The van der Waals surface area contributed by atoms with Gasteiger partial charge in [0.25, 0.3) is 0 Å². The van der Waals surface area contributed by atoms with Gasteiger partial charge in [-0.05, 0) is 61.9 Å². The van der Waals surface area contributed by atoms with Crippen molar-refractivity contribution in [1.82, 2.24) is 0 Å². The van der Waals surface area contributed by atoms with Gasteiger partial charge in [0.05, 0.1) is 13.2 Å². The lowest BCUT2D eigenvalue weighted by Crippen LogP contribution is -2.56. The molecule has 5 heteroatoms. The Labute approximate surface area is 149 Å². The first-order chi connectivity index (χ1) is 12.0. The van der Waals surface area contributed by atoms with Gasteiger partial charge in [-0.3, -0.25) is 0 Å². The second-order valence-electron chi connectivity index (χ2n) is 8.44. The molecular formula is C20H30O5. The molecule has 2 fully saturated rings. The first-order valence-electron chi connectivity index (χ1n) is 9.54. The van der Waals surface area contributed by atoms with Gasteiger partial charge >= 0.3 is 5.97 Å². The highest BCUT2D eigenvalue weighted by atomic mass is 16.5. The van der Waals surface area contributed by atoms with Gasteiger partial charge in [-0.1, -0.05) is 13.3 Å². The topological polar surface area (TPSA) is 83.8 Å². The van der Waals surface area contributed by atoms with Crippen LogP contribution in [0.15, 0.2) is 11.6 Å². The lowest BCUT2D eigenvalue weighted by molar-refractivity contribution is -0.151. The third-order valence-corrected chi connectivity index (χ3v) is 7.41. The van der Waals surface area contributed by atoms with E-state index in [1.807, 2.05) is 6.08 Å². The zero-order chi connectivity index (χ0) is 18.1. The van der Waals surface area contributed by atoms with Crippen molar-refractivity contribution < 1.29 is 24.5 Å². The van der Waals surface area contributed by atoms with Gasteiger partial charge in [-0.2, -0.15) is 0 Å². The van der Waals surface area contributed by atoms with Crippen LogP contribution in [0.2, 0.25) is 0 Å². The van der Waals surface area contributed by atoms with Crippen LogP contribution in [-0.4, -0.2) is 42.3 Å². The molecule has 4 atom stereocenters. The Morgan fingerprint density at radius 2 is 2.04 bits per heavy atom. The molecule has 1 aliphatic heterocycles. The van der Waals surface area contributed by atoms with Crippen LogP contribution in [0.25, 0.3) is 0 Å². The standard InChI is InChI=1S/C20H30O5/c1-19-8-2-9-20(12-22,13-23)17(19)6-4-15(11-21)16(19)5-3-14-7-10-25-18(14)24/h7,11,15-17,22-23H,2-6,8-10,12-13H2,1H3/t15-,16+,17-,19-/m0/s1. The van der Waals surface area contributed by atoms with E-state index in [2.05, 4.69) is 6.92 Å². The smallest absolute Gasteiger partial charge is 0.334 e. The first kappa shape index (κ1) is 18.6. The predicted molar refractivity (Wildman–Crippen MR) is 92.6 cm³/mol. The number of hydrogen-bond donors (Lipinski definition) is 2. The van der Waals surface area contributed by atoms with E-state index in [0.29, 0.717) is 13.0 Å². The molecule has 3 rings (SSSR count). The van der Waals surface area contributed by atoms with Crippen molar-refractivity contribution in [3.63, 3.8) is 0 Å². The van der Waals surface area contributed by atoms with Gasteiger partial charge in [0.2, 0.25) is 0 Å². The van der Waals surface area contributed by atoms with Crippen LogP contribution < -0.4 is 0 Å². The van der Waals surface area contributed by atoms with E-state index in [9.17, 15) is 19.8 Å². The summed E-state index contributed by atoms with van der Waals surface area (Å²) in [5, 5.41) is 20.1. The van der Waals surface area contributed by atoms with Gasteiger partial charge in [0.1, 0.15) is 12.9 Å². The largest absolute Gasteiger partial charge is 0.458 e. The van der Waals surface area contributed by atoms with Crippen molar-refractivity contribution in [3.05, 3.63) is 11.6 Å². The van der Waals surface area contributed by atoms with Crippen molar-refractivity contribution in [2.75, 3.05) is 19.8 Å². The average Bonchev–Trinajstić information content (AvgIpc) is 3.03. The van der Waals surface area contributed by atoms with Crippen molar-refractivity contribution >= 4 is 12.3 Å². The average molecular weight is 350 g/mol. The number of aliphatic hydroxyl groups is 2. The van der Waals surface area contributed by atoms with Crippen molar-refractivity contribution in [2.45, 2.75) is 51.9 Å². The minimum absolute atomic E-state index is 0.000286. The molecule has 5 nitrogen and oxygen atoms in total. The Morgan fingerprint density at radius 3 is 2.64 bits per heavy atom. The molecule has 0 radical (unpaired) electrons. The number of fused-ring (bicyclic) bond motifs is 1. The summed E-state index contributed by atoms with van der Waals surface area (Å²) in [5.74, 6) is 0.154. The number of carbonyl (C=O) groups excluding carboxylic acids is 2. The molecule has 25 heavy (non-hydrogen) atoms. The van der Waals surface area contributed by atoms with Crippen LogP contribution in [0, 0.1) is 28.6 Å². The summed E-state index contributed by atoms with van der Waals surface area (Å²) in [6.45, 7) is 2.59. The Balaban J connectivity index is 1.85. The third kappa shape index (κ3) is 3.06. The normalized spacial score (nSPS) is 37.2. The van der Waals surface area contributed by atoms with Crippen molar-refractivity contribution in [2.24, 2.45) is 28.6 Å².